The first-order valence-electron chi connectivity index (χ1n) is 5.64. The van der Waals surface area contributed by atoms with Gasteiger partial charge in [-0.05, 0) is 25.5 Å². The number of hydrogen-bond donors (Lipinski definition) is 0. The molecule has 2 rings (SSSR count). The first-order chi connectivity index (χ1) is 7.63. The van der Waals surface area contributed by atoms with Gasteiger partial charge in [0, 0.05) is 13.1 Å². The molecule has 1 aromatic heterocycles. The van der Waals surface area contributed by atoms with Crippen molar-refractivity contribution in [2.75, 3.05) is 24.6 Å². The van der Waals surface area contributed by atoms with E-state index in [1.54, 1.807) is 6.07 Å². The van der Waals surface area contributed by atoms with Crippen LogP contribution in [0.3, 0.4) is 0 Å². The number of anilines is 1. The molecular formula is C12H17FN2O. The van der Waals surface area contributed by atoms with Gasteiger partial charge >= 0.3 is 0 Å². The number of pyridine rings is 1. The minimum atomic E-state index is -0.429. The van der Waals surface area contributed by atoms with Crippen LogP contribution in [0.25, 0.3) is 0 Å². The van der Waals surface area contributed by atoms with E-state index in [1.807, 2.05) is 6.07 Å². The van der Waals surface area contributed by atoms with Crippen molar-refractivity contribution >= 4 is 5.82 Å². The Morgan fingerprint density at radius 2 is 2.38 bits per heavy atom. The molecule has 0 aromatic carbocycles. The third-order valence-corrected chi connectivity index (χ3v) is 3.11. The number of ether oxygens (including phenoxy) is 1. The summed E-state index contributed by atoms with van der Waals surface area (Å²) < 4.78 is 18.8. The van der Waals surface area contributed by atoms with E-state index in [0.29, 0.717) is 12.4 Å². The van der Waals surface area contributed by atoms with Gasteiger partial charge in [0.15, 0.2) is 0 Å². The molecule has 0 aliphatic carbocycles. The van der Waals surface area contributed by atoms with Crippen molar-refractivity contribution in [3.63, 3.8) is 0 Å². The third kappa shape index (κ3) is 2.32. The summed E-state index contributed by atoms with van der Waals surface area (Å²) >= 11 is 0. The third-order valence-electron chi connectivity index (χ3n) is 3.11. The number of nitrogens with zero attached hydrogens (tertiary/aromatic N) is 2. The van der Waals surface area contributed by atoms with E-state index in [9.17, 15) is 4.39 Å². The van der Waals surface area contributed by atoms with E-state index in [2.05, 4.69) is 23.7 Å². The van der Waals surface area contributed by atoms with E-state index in [1.165, 1.54) is 6.07 Å². The molecule has 0 amide bonds. The van der Waals surface area contributed by atoms with E-state index in [0.717, 1.165) is 19.5 Å². The predicted octanol–water partition coefficient (Wildman–Crippen LogP) is 2.23. The Hall–Kier alpha value is -1.16. The van der Waals surface area contributed by atoms with Gasteiger partial charge < -0.3 is 9.64 Å². The second-order valence-corrected chi connectivity index (χ2v) is 4.39. The summed E-state index contributed by atoms with van der Waals surface area (Å²) in [6.45, 7) is 6.38. The Kier molecular flexibility index (Phi) is 3.10. The number of rotatable bonds is 2. The molecule has 4 heteroatoms. The quantitative estimate of drug-likeness (QED) is 0.720. The highest BCUT2D eigenvalue weighted by Crippen LogP contribution is 2.24. The van der Waals surface area contributed by atoms with Gasteiger partial charge in [0.05, 0.1) is 12.2 Å². The Morgan fingerprint density at radius 1 is 1.56 bits per heavy atom. The summed E-state index contributed by atoms with van der Waals surface area (Å²) in [5.74, 6) is 0.269. The van der Waals surface area contributed by atoms with Gasteiger partial charge in [0.25, 0.3) is 0 Å². The molecule has 0 radical (unpaired) electrons. The van der Waals surface area contributed by atoms with Crippen molar-refractivity contribution < 1.29 is 9.13 Å². The zero-order valence-corrected chi connectivity index (χ0v) is 9.74. The van der Waals surface area contributed by atoms with E-state index < -0.39 is 5.95 Å². The highest BCUT2D eigenvalue weighted by molar-refractivity contribution is 5.39. The summed E-state index contributed by atoms with van der Waals surface area (Å²) in [5, 5.41) is 0. The average Bonchev–Trinajstić information content (AvgIpc) is 2.29. The molecule has 0 saturated carbocycles. The summed E-state index contributed by atoms with van der Waals surface area (Å²) in [6.07, 6.45) is 0.943. The number of morpholine rings is 1. The molecule has 1 atom stereocenters. The van der Waals surface area contributed by atoms with Crippen LogP contribution in [0.1, 0.15) is 20.3 Å². The van der Waals surface area contributed by atoms with Crippen LogP contribution in [-0.2, 0) is 4.74 Å². The molecule has 1 saturated heterocycles. The fourth-order valence-corrected chi connectivity index (χ4v) is 1.91. The number of halogens is 1. The summed E-state index contributed by atoms with van der Waals surface area (Å²) in [5.41, 5.74) is -0.147. The van der Waals surface area contributed by atoms with Gasteiger partial charge in [-0.3, -0.25) is 0 Å². The van der Waals surface area contributed by atoms with Crippen molar-refractivity contribution in [1.82, 2.24) is 4.98 Å². The molecule has 1 aliphatic rings. The lowest BCUT2D eigenvalue weighted by atomic mass is 10.0. The monoisotopic (exact) mass is 224 g/mol. The molecular weight excluding hydrogens is 207 g/mol. The molecule has 16 heavy (non-hydrogen) atoms. The van der Waals surface area contributed by atoms with Crippen LogP contribution >= 0.6 is 0 Å². The van der Waals surface area contributed by atoms with Crippen molar-refractivity contribution in [3.8, 4) is 0 Å². The lowest BCUT2D eigenvalue weighted by Gasteiger charge is -2.40. The van der Waals surface area contributed by atoms with Crippen LogP contribution in [0.2, 0.25) is 0 Å². The molecule has 0 bridgehead atoms. The van der Waals surface area contributed by atoms with Crippen LogP contribution in [0, 0.1) is 5.95 Å². The van der Waals surface area contributed by atoms with Gasteiger partial charge in [-0.2, -0.15) is 4.39 Å². The van der Waals surface area contributed by atoms with Crippen LogP contribution in [0.15, 0.2) is 18.2 Å². The highest BCUT2D eigenvalue weighted by Gasteiger charge is 2.30. The molecule has 3 nitrogen and oxygen atoms in total. The SMILES string of the molecule is CCC1(C)CN(c2cccc(F)n2)CCO1. The predicted molar refractivity (Wildman–Crippen MR) is 61.1 cm³/mol. The first-order valence-corrected chi connectivity index (χ1v) is 5.64. The molecule has 0 N–H and O–H groups in total. The van der Waals surface area contributed by atoms with E-state index >= 15 is 0 Å². The maximum atomic E-state index is 13.0. The van der Waals surface area contributed by atoms with Crippen molar-refractivity contribution in [3.05, 3.63) is 24.1 Å². The lowest BCUT2D eigenvalue weighted by Crippen LogP contribution is -2.50. The molecule has 2 heterocycles. The van der Waals surface area contributed by atoms with Crippen LogP contribution < -0.4 is 4.90 Å². The van der Waals surface area contributed by atoms with Gasteiger partial charge in [0.2, 0.25) is 5.95 Å². The summed E-state index contributed by atoms with van der Waals surface area (Å²) in [4.78, 5) is 5.98. The Balaban J connectivity index is 2.16. The molecule has 88 valence electrons. The summed E-state index contributed by atoms with van der Waals surface area (Å²) in [6, 6.07) is 4.89. The normalized spacial score (nSPS) is 25.8. The Morgan fingerprint density at radius 3 is 3.06 bits per heavy atom. The van der Waals surface area contributed by atoms with E-state index in [-0.39, 0.29) is 5.60 Å². The average molecular weight is 224 g/mol. The zero-order chi connectivity index (χ0) is 11.6. The fourth-order valence-electron chi connectivity index (χ4n) is 1.91. The van der Waals surface area contributed by atoms with Crippen LogP contribution in [0.5, 0.6) is 0 Å². The number of hydrogen-bond acceptors (Lipinski definition) is 3. The largest absolute Gasteiger partial charge is 0.372 e. The van der Waals surface area contributed by atoms with Crippen molar-refractivity contribution in [1.29, 1.82) is 0 Å². The van der Waals surface area contributed by atoms with Crippen LogP contribution in [0.4, 0.5) is 10.2 Å². The van der Waals surface area contributed by atoms with Crippen molar-refractivity contribution in [2.45, 2.75) is 25.9 Å². The minimum absolute atomic E-state index is 0.147. The van der Waals surface area contributed by atoms with E-state index in [4.69, 9.17) is 4.74 Å². The first kappa shape index (κ1) is 11.3. The molecule has 0 spiro atoms. The maximum absolute atomic E-state index is 13.0. The fraction of sp³-hybridized carbons (Fsp3) is 0.583. The minimum Gasteiger partial charge on any atom is -0.372 e. The van der Waals surface area contributed by atoms with Crippen LogP contribution in [-0.4, -0.2) is 30.3 Å². The topological polar surface area (TPSA) is 25.4 Å². The molecule has 1 fully saturated rings. The Bertz CT molecular complexity index is 372. The maximum Gasteiger partial charge on any atom is 0.214 e. The summed E-state index contributed by atoms with van der Waals surface area (Å²) in [7, 11) is 0. The second kappa shape index (κ2) is 4.37. The zero-order valence-electron chi connectivity index (χ0n) is 9.74. The van der Waals surface area contributed by atoms with Gasteiger partial charge in [-0.25, -0.2) is 4.98 Å². The van der Waals surface area contributed by atoms with Gasteiger partial charge in [-0.1, -0.05) is 13.0 Å². The van der Waals surface area contributed by atoms with Gasteiger partial charge in [0.1, 0.15) is 5.82 Å². The lowest BCUT2D eigenvalue weighted by molar-refractivity contribution is -0.0443. The second-order valence-electron chi connectivity index (χ2n) is 4.39. The molecule has 1 aliphatic heterocycles. The molecule has 1 aromatic rings. The standard InChI is InChI=1S/C12H17FN2O/c1-3-12(2)9-15(7-8-16-12)11-6-4-5-10(13)14-11/h4-6H,3,7-9H2,1-2H3. The van der Waals surface area contributed by atoms with Crippen molar-refractivity contribution in [2.24, 2.45) is 0 Å². The number of aromatic nitrogens is 1. The molecule has 1 unspecified atom stereocenters. The highest BCUT2D eigenvalue weighted by atomic mass is 19.1. The Labute approximate surface area is 95.2 Å². The van der Waals surface area contributed by atoms with Gasteiger partial charge in [-0.15, -0.1) is 0 Å². The smallest absolute Gasteiger partial charge is 0.214 e.